The first-order valence-electron chi connectivity index (χ1n) is 11.9. The fourth-order valence-electron chi connectivity index (χ4n) is 5.28. The summed E-state index contributed by atoms with van der Waals surface area (Å²) in [6, 6.07) is 17.6. The number of alkyl halides is 3. The first kappa shape index (κ1) is 25.4. The van der Waals surface area contributed by atoms with Crippen LogP contribution < -0.4 is 5.32 Å². The summed E-state index contributed by atoms with van der Waals surface area (Å²) in [6.07, 6.45) is -5.22. The molecule has 1 aliphatic heterocycles. The Balaban J connectivity index is 1.58. The zero-order chi connectivity index (χ0) is 25.1. The smallest absolute Gasteiger partial charge is 0.401 e. The third-order valence-electron chi connectivity index (χ3n) is 7.18. The molecule has 8 heteroatoms. The Morgan fingerprint density at radius 3 is 2.31 bits per heavy atom. The predicted octanol–water partition coefficient (Wildman–Crippen LogP) is 4.81. The molecular weight excluding hydrogens is 459 g/mol. The second-order valence-corrected chi connectivity index (χ2v) is 9.45. The Kier molecular flexibility index (Phi) is 7.62. The van der Waals surface area contributed by atoms with Gasteiger partial charge in [-0.3, -0.25) is 9.59 Å². The molecule has 2 fully saturated rings. The summed E-state index contributed by atoms with van der Waals surface area (Å²) in [6.45, 7) is 0.571. The van der Waals surface area contributed by atoms with E-state index >= 15 is 0 Å². The number of carbonyl (C=O) groups excluding carboxylic acids is 2. The Morgan fingerprint density at radius 1 is 1.09 bits per heavy atom. The molecule has 188 valence electrons. The van der Waals surface area contributed by atoms with E-state index in [1.165, 1.54) is 7.11 Å². The van der Waals surface area contributed by atoms with Crippen LogP contribution in [0.2, 0.25) is 0 Å². The van der Waals surface area contributed by atoms with Gasteiger partial charge in [0.15, 0.2) is 0 Å². The molecule has 1 saturated heterocycles. The lowest BCUT2D eigenvalue weighted by Crippen LogP contribution is -2.50. The highest BCUT2D eigenvalue weighted by Gasteiger charge is 2.64. The number of hydrogen-bond acceptors (Lipinski definition) is 5. The van der Waals surface area contributed by atoms with Crippen LogP contribution >= 0.6 is 0 Å². The van der Waals surface area contributed by atoms with Gasteiger partial charge in [0.1, 0.15) is 18.3 Å². The summed E-state index contributed by atoms with van der Waals surface area (Å²) >= 11 is 0. The second kappa shape index (κ2) is 10.5. The number of methoxy groups -OCH3 is 1. The minimum atomic E-state index is -4.80. The van der Waals surface area contributed by atoms with Crippen molar-refractivity contribution >= 4 is 11.8 Å². The van der Waals surface area contributed by atoms with Crippen LogP contribution in [0.15, 0.2) is 60.7 Å². The van der Waals surface area contributed by atoms with Crippen LogP contribution in [0, 0.1) is 11.3 Å². The van der Waals surface area contributed by atoms with Crippen molar-refractivity contribution in [1.29, 1.82) is 0 Å². The molecule has 35 heavy (non-hydrogen) atoms. The van der Waals surface area contributed by atoms with Crippen molar-refractivity contribution in [3.05, 3.63) is 71.8 Å². The van der Waals surface area contributed by atoms with Gasteiger partial charge in [0.2, 0.25) is 0 Å². The summed E-state index contributed by atoms with van der Waals surface area (Å²) in [5.41, 5.74) is 0.249. The van der Waals surface area contributed by atoms with E-state index in [1.54, 1.807) is 24.3 Å². The molecule has 5 nitrogen and oxygen atoms in total. The molecule has 1 heterocycles. The SMILES string of the molecule is CO[C@@H]([C@@H]1CCCN1)[C@H](C(=O)C[C@@]1(C(=O)OCc2ccccc2)C[C@@H]1c1ccccc1)C(F)(F)F. The number of ketones is 1. The molecule has 5 atom stereocenters. The summed E-state index contributed by atoms with van der Waals surface area (Å²) in [4.78, 5) is 26.6. The molecule has 0 unspecified atom stereocenters. The zero-order valence-corrected chi connectivity index (χ0v) is 19.6. The molecule has 1 N–H and O–H groups in total. The van der Waals surface area contributed by atoms with E-state index < -0.39 is 47.8 Å². The average Bonchev–Trinajstić information content (AvgIpc) is 3.31. The van der Waals surface area contributed by atoms with E-state index in [1.807, 2.05) is 36.4 Å². The maximum atomic E-state index is 14.2. The number of hydrogen-bond donors (Lipinski definition) is 1. The van der Waals surface area contributed by atoms with Gasteiger partial charge >= 0.3 is 12.1 Å². The van der Waals surface area contributed by atoms with E-state index in [9.17, 15) is 22.8 Å². The van der Waals surface area contributed by atoms with Gasteiger partial charge in [-0.1, -0.05) is 60.7 Å². The summed E-state index contributed by atoms with van der Waals surface area (Å²) < 4.78 is 53.4. The molecule has 4 rings (SSSR count). The van der Waals surface area contributed by atoms with Crippen molar-refractivity contribution in [3.8, 4) is 0 Å². The van der Waals surface area contributed by atoms with Crippen LogP contribution in [0.25, 0.3) is 0 Å². The largest absolute Gasteiger partial charge is 0.460 e. The van der Waals surface area contributed by atoms with Crippen LogP contribution in [0.3, 0.4) is 0 Å². The van der Waals surface area contributed by atoms with Crippen LogP contribution in [0.5, 0.6) is 0 Å². The van der Waals surface area contributed by atoms with E-state index in [4.69, 9.17) is 9.47 Å². The van der Waals surface area contributed by atoms with E-state index in [0.29, 0.717) is 13.0 Å². The normalized spacial score (nSPS) is 25.6. The first-order valence-corrected chi connectivity index (χ1v) is 11.9. The van der Waals surface area contributed by atoms with Gasteiger partial charge in [0.25, 0.3) is 0 Å². The van der Waals surface area contributed by atoms with Gasteiger partial charge < -0.3 is 14.8 Å². The van der Waals surface area contributed by atoms with Crippen molar-refractivity contribution in [3.63, 3.8) is 0 Å². The molecule has 1 saturated carbocycles. The third kappa shape index (κ3) is 5.59. The summed E-state index contributed by atoms with van der Waals surface area (Å²) in [7, 11) is 1.20. The number of ether oxygens (including phenoxy) is 2. The van der Waals surface area contributed by atoms with Crippen molar-refractivity contribution in [1.82, 2.24) is 5.32 Å². The average molecular weight is 490 g/mol. The highest BCUT2D eigenvalue weighted by molar-refractivity contribution is 5.92. The highest BCUT2D eigenvalue weighted by atomic mass is 19.4. The van der Waals surface area contributed by atoms with Gasteiger partial charge in [-0.15, -0.1) is 0 Å². The Morgan fingerprint density at radius 2 is 1.74 bits per heavy atom. The molecule has 0 bridgehead atoms. The Labute approximate surface area is 203 Å². The number of esters is 1. The van der Waals surface area contributed by atoms with Crippen LogP contribution in [0.4, 0.5) is 13.2 Å². The molecule has 0 aromatic heterocycles. The molecular formula is C27H30F3NO4. The van der Waals surface area contributed by atoms with E-state index in [0.717, 1.165) is 17.5 Å². The Bertz CT molecular complexity index is 1010. The monoisotopic (exact) mass is 489 g/mol. The highest BCUT2D eigenvalue weighted by Crippen LogP contribution is 2.63. The zero-order valence-electron chi connectivity index (χ0n) is 19.6. The van der Waals surface area contributed by atoms with Crippen LogP contribution in [-0.4, -0.2) is 43.7 Å². The molecule has 2 aromatic rings. The predicted molar refractivity (Wildman–Crippen MR) is 123 cm³/mol. The van der Waals surface area contributed by atoms with E-state index in [2.05, 4.69) is 5.32 Å². The molecule has 1 aliphatic carbocycles. The molecule has 0 radical (unpaired) electrons. The first-order chi connectivity index (χ1) is 16.8. The maximum Gasteiger partial charge on any atom is 0.401 e. The number of Topliss-reactive ketones (excluding diaryl/α,β-unsaturated/α-hetero) is 1. The maximum absolute atomic E-state index is 14.2. The number of halogens is 3. The van der Waals surface area contributed by atoms with Gasteiger partial charge in [0.05, 0.1) is 11.5 Å². The van der Waals surface area contributed by atoms with Gasteiger partial charge in [-0.05, 0) is 36.9 Å². The van der Waals surface area contributed by atoms with Crippen molar-refractivity contribution in [2.75, 3.05) is 13.7 Å². The van der Waals surface area contributed by atoms with Gasteiger partial charge in [-0.2, -0.15) is 13.2 Å². The molecule has 0 amide bonds. The molecule has 2 aliphatic rings. The lowest BCUT2D eigenvalue weighted by molar-refractivity contribution is -0.208. The summed E-state index contributed by atoms with van der Waals surface area (Å²) in [5, 5.41) is 3.02. The van der Waals surface area contributed by atoms with Crippen molar-refractivity contribution in [2.45, 2.75) is 56.5 Å². The van der Waals surface area contributed by atoms with Crippen LogP contribution in [0.1, 0.15) is 42.7 Å². The fourth-order valence-corrected chi connectivity index (χ4v) is 5.28. The van der Waals surface area contributed by atoms with Crippen LogP contribution in [-0.2, 0) is 25.7 Å². The lowest BCUT2D eigenvalue weighted by Gasteiger charge is -2.32. The third-order valence-corrected chi connectivity index (χ3v) is 7.18. The Hall–Kier alpha value is -2.71. The topological polar surface area (TPSA) is 64.6 Å². The quantitative estimate of drug-likeness (QED) is 0.486. The molecule has 0 spiro atoms. The van der Waals surface area contributed by atoms with E-state index in [-0.39, 0.29) is 18.9 Å². The number of carbonyl (C=O) groups is 2. The number of rotatable bonds is 10. The van der Waals surface area contributed by atoms with Gasteiger partial charge in [-0.25, -0.2) is 0 Å². The number of benzene rings is 2. The number of nitrogens with one attached hydrogen (secondary N) is 1. The van der Waals surface area contributed by atoms with Gasteiger partial charge in [0, 0.05) is 25.5 Å². The minimum Gasteiger partial charge on any atom is -0.460 e. The van der Waals surface area contributed by atoms with Crippen molar-refractivity contribution < 1.29 is 32.2 Å². The minimum absolute atomic E-state index is 0.00743. The standard InChI is InChI=1S/C27H30F3NO4/c1-34-24(21-13-8-14-31-21)23(27(28,29)30)22(32)16-26(15-20(26)19-11-6-3-7-12-19)25(33)35-17-18-9-4-2-5-10-18/h2-7,9-12,20-21,23-24,31H,8,13-17H2,1H3/t20-,21+,23+,24+,26+/m1/s1. The lowest BCUT2D eigenvalue weighted by atomic mass is 9.83. The van der Waals surface area contributed by atoms with Crippen molar-refractivity contribution in [2.24, 2.45) is 11.3 Å². The second-order valence-electron chi connectivity index (χ2n) is 9.45. The summed E-state index contributed by atoms with van der Waals surface area (Å²) in [5.74, 6) is -4.38. The molecule has 2 aromatic carbocycles. The fraction of sp³-hybridized carbons (Fsp3) is 0.481.